The Morgan fingerprint density at radius 1 is 1.00 bits per heavy atom. The van der Waals surface area contributed by atoms with Gasteiger partial charge in [0.15, 0.2) is 0 Å². The standard InChI is InChI=1S/C30H40BrN3O/c1-5-8-20-34-27(29(31)32-30(34)28-22(6-2)12-11-13-23(28)7-3)21-33-19-10-9-14-26(33)24-15-17-25(35-4)18-16-24/h11-13,15-18,26H,5-10,14,19-21H2,1-4H3. The van der Waals surface area contributed by atoms with Crippen LogP contribution in [0.3, 0.4) is 0 Å². The van der Waals surface area contributed by atoms with Gasteiger partial charge in [-0.25, -0.2) is 4.98 Å². The Balaban J connectivity index is 1.73. The number of benzene rings is 2. The first-order valence-corrected chi connectivity index (χ1v) is 14.1. The van der Waals surface area contributed by atoms with Gasteiger partial charge in [-0.15, -0.1) is 0 Å². The van der Waals surface area contributed by atoms with Crippen LogP contribution < -0.4 is 4.74 Å². The largest absolute Gasteiger partial charge is 0.497 e. The zero-order valence-electron chi connectivity index (χ0n) is 21.8. The van der Waals surface area contributed by atoms with Gasteiger partial charge in [-0.2, -0.15) is 0 Å². The minimum Gasteiger partial charge on any atom is -0.497 e. The van der Waals surface area contributed by atoms with Crippen LogP contribution in [0.1, 0.15) is 81.3 Å². The Bertz CT molecular complexity index is 1080. The molecule has 1 saturated heterocycles. The second kappa shape index (κ2) is 12.2. The highest BCUT2D eigenvalue weighted by atomic mass is 79.9. The molecule has 1 aromatic heterocycles. The lowest BCUT2D eigenvalue weighted by molar-refractivity contribution is 0.136. The number of imidazole rings is 1. The van der Waals surface area contributed by atoms with Crippen LogP contribution in [0.2, 0.25) is 0 Å². The van der Waals surface area contributed by atoms with Crippen LogP contribution in [-0.2, 0) is 25.9 Å². The van der Waals surface area contributed by atoms with E-state index >= 15 is 0 Å². The summed E-state index contributed by atoms with van der Waals surface area (Å²) >= 11 is 3.90. The third-order valence-electron chi connectivity index (χ3n) is 7.45. The molecule has 0 saturated carbocycles. The van der Waals surface area contributed by atoms with Gasteiger partial charge in [-0.1, -0.05) is 63.9 Å². The number of piperidine rings is 1. The number of unbranched alkanes of at least 4 members (excludes halogenated alkanes) is 1. The van der Waals surface area contributed by atoms with E-state index < -0.39 is 0 Å². The molecule has 2 aromatic carbocycles. The van der Waals surface area contributed by atoms with Crippen LogP contribution in [0.15, 0.2) is 47.1 Å². The summed E-state index contributed by atoms with van der Waals surface area (Å²) in [6, 6.07) is 15.8. The molecule has 35 heavy (non-hydrogen) atoms. The smallest absolute Gasteiger partial charge is 0.142 e. The third-order valence-corrected chi connectivity index (χ3v) is 8.08. The van der Waals surface area contributed by atoms with Gasteiger partial charge in [0.05, 0.1) is 12.8 Å². The van der Waals surface area contributed by atoms with Crippen molar-refractivity contribution in [1.82, 2.24) is 14.5 Å². The van der Waals surface area contributed by atoms with Gasteiger partial charge >= 0.3 is 0 Å². The summed E-state index contributed by atoms with van der Waals surface area (Å²) in [7, 11) is 1.73. The number of rotatable bonds is 10. The van der Waals surface area contributed by atoms with Gasteiger partial charge in [0, 0.05) is 24.7 Å². The Hall–Kier alpha value is -2.11. The molecule has 3 aromatic rings. The van der Waals surface area contributed by atoms with Crippen molar-refractivity contribution in [2.75, 3.05) is 13.7 Å². The number of hydrogen-bond donors (Lipinski definition) is 0. The molecule has 0 aliphatic carbocycles. The highest BCUT2D eigenvalue weighted by Crippen LogP contribution is 2.37. The van der Waals surface area contributed by atoms with Crippen molar-refractivity contribution in [1.29, 1.82) is 0 Å². The summed E-state index contributed by atoms with van der Waals surface area (Å²) in [4.78, 5) is 7.83. The van der Waals surface area contributed by atoms with Gasteiger partial charge in [-0.05, 0) is 83.4 Å². The normalized spacial score (nSPS) is 16.5. The first kappa shape index (κ1) is 26.0. The van der Waals surface area contributed by atoms with E-state index in [2.05, 4.69) is 88.6 Å². The predicted octanol–water partition coefficient (Wildman–Crippen LogP) is 7.97. The fourth-order valence-corrected chi connectivity index (χ4v) is 5.97. The first-order chi connectivity index (χ1) is 17.1. The van der Waals surface area contributed by atoms with Crippen molar-refractivity contribution >= 4 is 15.9 Å². The van der Waals surface area contributed by atoms with Crippen LogP contribution in [-0.4, -0.2) is 28.1 Å². The van der Waals surface area contributed by atoms with Gasteiger partial charge in [0.1, 0.15) is 16.2 Å². The summed E-state index contributed by atoms with van der Waals surface area (Å²) < 4.78 is 8.91. The minimum atomic E-state index is 0.425. The van der Waals surface area contributed by atoms with E-state index in [9.17, 15) is 0 Å². The van der Waals surface area contributed by atoms with Gasteiger partial charge < -0.3 is 9.30 Å². The maximum atomic E-state index is 5.40. The quantitative estimate of drug-likeness (QED) is 0.262. The highest BCUT2D eigenvalue weighted by molar-refractivity contribution is 9.10. The Labute approximate surface area is 219 Å². The fourth-order valence-electron chi connectivity index (χ4n) is 5.46. The molecule has 1 unspecified atom stereocenters. The van der Waals surface area contributed by atoms with E-state index in [0.717, 1.165) is 55.1 Å². The first-order valence-electron chi connectivity index (χ1n) is 13.3. The molecule has 1 aliphatic heterocycles. The number of aryl methyl sites for hydroxylation is 2. The molecule has 0 radical (unpaired) electrons. The number of nitrogens with zero attached hydrogens (tertiary/aromatic N) is 3. The fraction of sp³-hybridized carbons (Fsp3) is 0.500. The summed E-state index contributed by atoms with van der Waals surface area (Å²) in [5.41, 5.74) is 6.80. The van der Waals surface area contributed by atoms with E-state index in [1.54, 1.807) is 7.11 Å². The zero-order valence-corrected chi connectivity index (χ0v) is 23.4. The molecule has 0 amide bonds. The summed E-state index contributed by atoms with van der Waals surface area (Å²) in [6.45, 7) is 9.80. The van der Waals surface area contributed by atoms with Gasteiger partial charge in [0.2, 0.25) is 0 Å². The second-order valence-corrected chi connectivity index (χ2v) is 10.3. The minimum absolute atomic E-state index is 0.425. The molecule has 0 spiro atoms. The second-order valence-electron chi connectivity index (χ2n) is 9.59. The molecule has 4 nitrogen and oxygen atoms in total. The number of ether oxygens (including phenoxy) is 1. The van der Waals surface area contributed by atoms with Crippen molar-refractivity contribution in [3.8, 4) is 17.1 Å². The van der Waals surface area contributed by atoms with Crippen LogP contribution in [0.25, 0.3) is 11.4 Å². The maximum absolute atomic E-state index is 5.40. The summed E-state index contributed by atoms with van der Waals surface area (Å²) in [5, 5.41) is 0. The average Bonchev–Trinajstić information content (AvgIpc) is 3.21. The molecule has 1 fully saturated rings. The summed E-state index contributed by atoms with van der Waals surface area (Å²) in [6.07, 6.45) is 8.07. The molecule has 2 heterocycles. The number of halogens is 1. The molecular formula is C30H40BrN3O. The van der Waals surface area contributed by atoms with Crippen molar-refractivity contribution in [2.24, 2.45) is 0 Å². The summed E-state index contributed by atoms with van der Waals surface area (Å²) in [5.74, 6) is 2.05. The monoisotopic (exact) mass is 537 g/mol. The van der Waals surface area contributed by atoms with E-state index in [4.69, 9.17) is 9.72 Å². The molecule has 1 aliphatic rings. The van der Waals surface area contributed by atoms with E-state index in [0.29, 0.717) is 6.04 Å². The number of methoxy groups -OCH3 is 1. The topological polar surface area (TPSA) is 30.3 Å². The lowest BCUT2D eigenvalue weighted by Gasteiger charge is -2.36. The molecule has 188 valence electrons. The van der Waals surface area contributed by atoms with Crippen LogP contribution in [0, 0.1) is 0 Å². The molecular weight excluding hydrogens is 498 g/mol. The van der Waals surface area contributed by atoms with Crippen molar-refractivity contribution < 1.29 is 4.74 Å². The number of aromatic nitrogens is 2. The lowest BCUT2D eigenvalue weighted by atomic mass is 9.95. The van der Waals surface area contributed by atoms with Crippen molar-refractivity contribution in [3.05, 3.63) is 69.5 Å². The Morgan fingerprint density at radius 2 is 1.71 bits per heavy atom. The molecule has 0 N–H and O–H groups in total. The van der Waals surface area contributed by atoms with E-state index in [1.807, 2.05) is 0 Å². The number of likely N-dealkylation sites (tertiary alicyclic amines) is 1. The van der Waals surface area contributed by atoms with Gasteiger partial charge in [0.25, 0.3) is 0 Å². The van der Waals surface area contributed by atoms with Crippen molar-refractivity contribution in [2.45, 2.75) is 84.8 Å². The molecule has 0 bridgehead atoms. The number of hydrogen-bond acceptors (Lipinski definition) is 3. The highest BCUT2D eigenvalue weighted by Gasteiger charge is 2.28. The predicted molar refractivity (Wildman–Crippen MR) is 149 cm³/mol. The molecule has 1 atom stereocenters. The zero-order chi connectivity index (χ0) is 24.8. The SMILES string of the molecule is CCCCn1c(-c2c(CC)cccc2CC)nc(Br)c1CN1CCCCC1c1ccc(OC)cc1. The third kappa shape index (κ3) is 5.67. The van der Waals surface area contributed by atoms with Gasteiger partial charge in [-0.3, -0.25) is 4.90 Å². The van der Waals surface area contributed by atoms with Crippen molar-refractivity contribution in [3.63, 3.8) is 0 Å². The van der Waals surface area contributed by atoms with E-state index in [-0.39, 0.29) is 0 Å². The van der Waals surface area contributed by atoms with Crippen LogP contribution >= 0.6 is 15.9 Å². The molecule has 5 heteroatoms. The lowest BCUT2D eigenvalue weighted by Crippen LogP contribution is -2.33. The van der Waals surface area contributed by atoms with Crippen LogP contribution in [0.5, 0.6) is 5.75 Å². The Kier molecular flexibility index (Phi) is 9.07. The maximum Gasteiger partial charge on any atom is 0.142 e. The Morgan fingerprint density at radius 3 is 2.34 bits per heavy atom. The molecule has 4 rings (SSSR count). The average molecular weight is 539 g/mol. The van der Waals surface area contributed by atoms with Crippen LogP contribution in [0.4, 0.5) is 0 Å². The van der Waals surface area contributed by atoms with E-state index in [1.165, 1.54) is 53.6 Å².